The Bertz CT molecular complexity index is 1180. The van der Waals surface area contributed by atoms with Crippen molar-refractivity contribution >= 4 is 29.1 Å². The number of carbonyl (C=O) groups excluding carboxylic acids is 2. The van der Waals surface area contributed by atoms with Gasteiger partial charge in [-0.2, -0.15) is 5.10 Å². The number of benzene rings is 2. The molecule has 2 amide bonds. The summed E-state index contributed by atoms with van der Waals surface area (Å²) in [6.45, 7) is -0.174. The number of nitrogens with zero attached hydrogens (tertiary/aromatic N) is 3. The number of carbonyl (C=O) groups is 2. The van der Waals surface area contributed by atoms with Crippen LogP contribution in [0.3, 0.4) is 0 Å². The molecule has 0 atom stereocenters. The van der Waals surface area contributed by atoms with Gasteiger partial charge in [-0.05, 0) is 61.7 Å². The van der Waals surface area contributed by atoms with Crippen LogP contribution in [-0.2, 0) is 17.6 Å². The van der Waals surface area contributed by atoms with Gasteiger partial charge in [-0.1, -0.05) is 11.6 Å². The second-order valence-electron chi connectivity index (χ2n) is 7.57. The molecule has 0 spiro atoms. The van der Waals surface area contributed by atoms with Crippen molar-refractivity contribution in [3.63, 3.8) is 0 Å². The minimum Gasteiger partial charge on any atom is -0.495 e. The maximum absolute atomic E-state index is 13.3. The Balaban J connectivity index is 1.52. The van der Waals surface area contributed by atoms with Gasteiger partial charge < -0.3 is 15.0 Å². The van der Waals surface area contributed by atoms with E-state index in [1.807, 2.05) is 0 Å². The van der Waals surface area contributed by atoms with Crippen molar-refractivity contribution in [2.45, 2.75) is 19.3 Å². The van der Waals surface area contributed by atoms with Crippen LogP contribution in [0.25, 0.3) is 5.69 Å². The van der Waals surface area contributed by atoms with Crippen molar-refractivity contribution < 1.29 is 18.7 Å². The number of anilines is 1. The molecule has 1 aliphatic rings. The number of likely N-dealkylation sites (N-methyl/N-ethyl adjacent to an activating group) is 1. The minimum atomic E-state index is -0.393. The van der Waals surface area contributed by atoms with E-state index in [0.717, 1.165) is 30.5 Å². The Morgan fingerprint density at radius 2 is 1.97 bits per heavy atom. The molecule has 166 valence electrons. The van der Waals surface area contributed by atoms with Crippen molar-refractivity contribution in [3.8, 4) is 11.4 Å². The van der Waals surface area contributed by atoms with Crippen molar-refractivity contribution in [2.75, 3.05) is 26.0 Å². The summed E-state index contributed by atoms with van der Waals surface area (Å²) in [6.07, 6.45) is 2.43. The summed E-state index contributed by atoms with van der Waals surface area (Å²) >= 11 is 6.01. The third-order valence-corrected chi connectivity index (χ3v) is 5.60. The molecule has 1 N–H and O–H groups in total. The lowest BCUT2D eigenvalue weighted by Crippen LogP contribution is -2.35. The van der Waals surface area contributed by atoms with Gasteiger partial charge in [-0.3, -0.25) is 9.59 Å². The Kier molecular flexibility index (Phi) is 6.14. The average Bonchev–Trinajstić information content (AvgIpc) is 3.37. The molecule has 1 aliphatic carbocycles. The molecule has 0 bridgehead atoms. The van der Waals surface area contributed by atoms with Gasteiger partial charge in [0.1, 0.15) is 11.6 Å². The molecule has 4 rings (SSSR count). The normalized spacial score (nSPS) is 12.4. The molecular weight excluding hydrogens is 435 g/mol. The summed E-state index contributed by atoms with van der Waals surface area (Å²) in [5.74, 6) is -0.614. The van der Waals surface area contributed by atoms with Crippen molar-refractivity contribution in [3.05, 3.63) is 70.3 Å². The summed E-state index contributed by atoms with van der Waals surface area (Å²) in [7, 11) is 3.04. The van der Waals surface area contributed by atoms with Gasteiger partial charge in [0.05, 0.1) is 25.0 Å². The standard InChI is InChI=1S/C23H22ClFN4O3/c1-28(13-21(30)26-18-12-14(24)6-11-20(18)32-2)23(31)22-17-4-3-5-19(17)29(27-22)16-9-7-15(25)8-10-16/h6-12H,3-5,13H2,1-2H3,(H,26,30). The fraction of sp³-hybridized carbons (Fsp3) is 0.261. The van der Waals surface area contributed by atoms with Gasteiger partial charge in [0.25, 0.3) is 5.91 Å². The van der Waals surface area contributed by atoms with Gasteiger partial charge in [0, 0.05) is 23.3 Å². The molecule has 0 unspecified atom stereocenters. The largest absolute Gasteiger partial charge is 0.495 e. The van der Waals surface area contributed by atoms with Crippen LogP contribution in [0.2, 0.25) is 5.02 Å². The molecule has 0 fully saturated rings. The van der Waals surface area contributed by atoms with Crippen molar-refractivity contribution in [1.82, 2.24) is 14.7 Å². The number of aromatic nitrogens is 2. The number of fused-ring (bicyclic) bond motifs is 1. The average molecular weight is 457 g/mol. The Morgan fingerprint density at radius 1 is 1.22 bits per heavy atom. The highest BCUT2D eigenvalue weighted by Crippen LogP contribution is 2.29. The van der Waals surface area contributed by atoms with Gasteiger partial charge in [0.2, 0.25) is 5.91 Å². The molecule has 32 heavy (non-hydrogen) atoms. The van der Waals surface area contributed by atoms with Crippen LogP contribution in [0.15, 0.2) is 42.5 Å². The lowest BCUT2D eigenvalue weighted by molar-refractivity contribution is -0.116. The first-order valence-corrected chi connectivity index (χ1v) is 10.5. The topological polar surface area (TPSA) is 76.5 Å². The van der Waals surface area contributed by atoms with Crippen LogP contribution in [-0.4, -0.2) is 47.2 Å². The number of hydrogen-bond acceptors (Lipinski definition) is 4. The van der Waals surface area contributed by atoms with Gasteiger partial charge in [-0.15, -0.1) is 0 Å². The number of methoxy groups -OCH3 is 1. The summed E-state index contributed by atoms with van der Waals surface area (Å²) in [6, 6.07) is 10.9. The summed E-state index contributed by atoms with van der Waals surface area (Å²) in [5, 5.41) is 7.69. The SMILES string of the molecule is COc1ccc(Cl)cc1NC(=O)CN(C)C(=O)c1nn(-c2ccc(F)cc2)c2c1CCC2. The second-order valence-corrected chi connectivity index (χ2v) is 8.01. The van der Waals surface area contributed by atoms with Crippen LogP contribution in [0.4, 0.5) is 10.1 Å². The fourth-order valence-corrected chi connectivity index (χ4v) is 4.01. The van der Waals surface area contributed by atoms with Crippen LogP contribution in [0.1, 0.15) is 28.2 Å². The van der Waals surface area contributed by atoms with E-state index < -0.39 is 5.91 Å². The van der Waals surface area contributed by atoms with Gasteiger partial charge in [-0.25, -0.2) is 9.07 Å². The molecule has 3 aromatic rings. The number of rotatable bonds is 6. The summed E-state index contributed by atoms with van der Waals surface area (Å²) in [4.78, 5) is 27.0. The number of ether oxygens (including phenoxy) is 1. The van der Waals surface area contributed by atoms with Crippen molar-refractivity contribution in [2.24, 2.45) is 0 Å². The highest BCUT2D eigenvalue weighted by atomic mass is 35.5. The van der Waals surface area contributed by atoms with Crippen LogP contribution < -0.4 is 10.1 Å². The zero-order valence-corrected chi connectivity index (χ0v) is 18.4. The zero-order chi connectivity index (χ0) is 22.8. The van der Waals surface area contributed by atoms with E-state index in [4.69, 9.17) is 16.3 Å². The molecule has 1 aromatic heterocycles. The Hall–Kier alpha value is -3.39. The number of nitrogens with one attached hydrogen (secondary N) is 1. The molecule has 0 saturated carbocycles. The van der Waals surface area contributed by atoms with E-state index in [9.17, 15) is 14.0 Å². The maximum Gasteiger partial charge on any atom is 0.274 e. The van der Waals surface area contributed by atoms with E-state index >= 15 is 0 Å². The van der Waals surface area contributed by atoms with Gasteiger partial charge in [0.15, 0.2) is 5.69 Å². The number of hydrogen-bond donors (Lipinski definition) is 1. The minimum absolute atomic E-state index is 0.174. The van der Waals surface area contributed by atoms with Crippen LogP contribution in [0.5, 0.6) is 5.75 Å². The molecular formula is C23H22ClFN4O3. The summed E-state index contributed by atoms with van der Waals surface area (Å²) < 4.78 is 20.2. The molecule has 0 radical (unpaired) electrons. The lowest BCUT2D eigenvalue weighted by atomic mass is 10.2. The molecule has 2 aromatic carbocycles. The molecule has 1 heterocycles. The highest BCUT2D eigenvalue weighted by molar-refractivity contribution is 6.31. The van der Waals surface area contributed by atoms with E-state index in [1.165, 1.54) is 24.1 Å². The predicted molar refractivity (Wildman–Crippen MR) is 119 cm³/mol. The fourth-order valence-electron chi connectivity index (χ4n) is 3.84. The highest BCUT2D eigenvalue weighted by Gasteiger charge is 2.29. The monoisotopic (exact) mass is 456 g/mol. The molecule has 7 nitrogen and oxygen atoms in total. The lowest BCUT2D eigenvalue weighted by Gasteiger charge is -2.17. The second kappa shape index (κ2) is 9.00. The van der Waals surface area contributed by atoms with E-state index in [2.05, 4.69) is 10.4 Å². The first-order chi connectivity index (χ1) is 15.4. The Morgan fingerprint density at radius 3 is 2.69 bits per heavy atom. The Labute approximate surface area is 189 Å². The van der Waals surface area contributed by atoms with Crippen molar-refractivity contribution in [1.29, 1.82) is 0 Å². The molecule has 0 saturated heterocycles. The maximum atomic E-state index is 13.3. The number of amides is 2. The van der Waals surface area contributed by atoms with E-state index in [-0.39, 0.29) is 18.3 Å². The first-order valence-electron chi connectivity index (χ1n) is 10.1. The molecule has 0 aliphatic heterocycles. The van der Waals surface area contributed by atoms with Crippen LogP contribution >= 0.6 is 11.6 Å². The quantitative estimate of drug-likeness (QED) is 0.611. The van der Waals surface area contributed by atoms with Gasteiger partial charge >= 0.3 is 0 Å². The smallest absolute Gasteiger partial charge is 0.274 e. The summed E-state index contributed by atoms with van der Waals surface area (Å²) in [5.41, 5.74) is 3.26. The van der Waals surface area contributed by atoms with E-state index in [1.54, 1.807) is 42.1 Å². The zero-order valence-electron chi connectivity index (χ0n) is 17.7. The third kappa shape index (κ3) is 4.31. The third-order valence-electron chi connectivity index (χ3n) is 5.37. The number of halogens is 2. The molecule has 9 heteroatoms. The first kappa shape index (κ1) is 21.8. The van der Waals surface area contributed by atoms with Crippen LogP contribution in [0, 0.1) is 5.82 Å². The predicted octanol–water partition coefficient (Wildman–Crippen LogP) is 3.87. The van der Waals surface area contributed by atoms with E-state index in [0.29, 0.717) is 27.8 Å².